The summed E-state index contributed by atoms with van der Waals surface area (Å²) in [5.41, 5.74) is 7.64. The Morgan fingerprint density at radius 3 is 2.94 bits per heavy atom. The summed E-state index contributed by atoms with van der Waals surface area (Å²) in [7, 11) is 0. The lowest BCUT2D eigenvalue weighted by molar-refractivity contribution is 0.0659. The predicted octanol–water partition coefficient (Wildman–Crippen LogP) is 2.34. The van der Waals surface area contributed by atoms with E-state index in [0.29, 0.717) is 11.8 Å². The molecule has 1 aromatic rings. The molecule has 1 aromatic heterocycles. The number of hydrogen-bond acceptors (Lipinski definition) is 4. The number of nitrogens with one attached hydrogen (secondary N) is 1. The summed E-state index contributed by atoms with van der Waals surface area (Å²) in [6.45, 7) is 3.47. The second-order valence-electron chi connectivity index (χ2n) is 4.65. The van der Waals surface area contributed by atoms with E-state index in [1.807, 2.05) is 19.2 Å². The summed E-state index contributed by atoms with van der Waals surface area (Å²) in [6, 6.07) is 1.92. The number of nitrogen functional groups attached to an aromatic ring is 1. The summed E-state index contributed by atoms with van der Waals surface area (Å²) in [4.78, 5) is 4.26. The smallest absolute Gasteiger partial charge is 0.149 e. The minimum atomic E-state index is 0.472. The fourth-order valence-electron chi connectivity index (χ4n) is 2.19. The van der Waals surface area contributed by atoms with Gasteiger partial charge in [-0.1, -0.05) is 12.8 Å². The number of ether oxygens (including phenoxy) is 1. The summed E-state index contributed by atoms with van der Waals surface area (Å²) in [5.74, 6) is 0.755. The highest BCUT2D eigenvalue weighted by Gasteiger charge is 2.14. The number of rotatable bonds is 5. The zero-order valence-corrected chi connectivity index (χ0v) is 10.4. The molecule has 0 saturated heterocycles. The summed E-state index contributed by atoms with van der Waals surface area (Å²) in [6.07, 6.45) is 7.33. The number of pyridine rings is 1. The van der Waals surface area contributed by atoms with E-state index in [9.17, 15) is 0 Å². The number of nitrogens with two attached hydrogens (primary N) is 1. The Bertz CT molecular complexity index is 362. The Morgan fingerprint density at radius 1 is 1.47 bits per heavy atom. The van der Waals surface area contributed by atoms with Crippen LogP contribution < -0.4 is 11.1 Å². The van der Waals surface area contributed by atoms with Gasteiger partial charge >= 0.3 is 0 Å². The molecule has 1 aliphatic carbocycles. The van der Waals surface area contributed by atoms with Gasteiger partial charge in [0.2, 0.25) is 0 Å². The Balaban J connectivity index is 1.70. The first-order chi connectivity index (χ1) is 8.25. The monoisotopic (exact) mass is 235 g/mol. The van der Waals surface area contributed by atoms with E-state index in [1.165, 1.54) is 25.7 Å². The predicted molar refractivity (Wildman–Crippen MR) is 70.1 cm³/mol. The van der Waals surface area contributed by atoms with Crippen LogP contribution in [-0.2, 0) is 4.74 Å². The molecule has 0 aliphatic heterocycles. The molecule has 1 heterocycles. The van der Waals surface area contributed by atoms with Crippen molar-refractivity contribution in [3.63, 3.8) is 0 Å². The van der Waals surface area contributed by atoms with Crippen molar-refractivity contribution in [2.24, 2.45) is 0 Å². The van der Waals surface area contributed by atoms with Crippen molar-refractivity contribution in [3.05, 3.63) is 17.8 Å². The van der Waals surface area contributed by atoms with Gasteiger partial charge in [-0.05, 0) is 31.4 Å². The van der Waals surface area contributed by atoms with E-state index in [0.717, 1.165) is 24.5 Å². The number of aromatic nitrogens is 1. The lowest BCUT2D eigenvalue weighted by Gasteiger charge is -2.12. The molecule has 0 bridgehead atoms. The molecular formula is C13H21N3O. The Morgan fingerprint density at radius 2 is 2.24 bits per heavy atom. The maximum Gasteiger partial charge on any atom is 0.149 e. The van der Waals surface area contributed by atoms with Crippen molar-refractivity contribution in [1.29, 1.82) is 0 Å². The largest absolute Gasteiger partial charge is 0.396 e. The van der Waals surface area contributed by atoms with Gasteiger partial charge in [-0.2, -0.15) is 0 Å². The van der Waals surface area contributed by atoms with Crippen LogP contribution in [0.3, 0.4) is 0 Å². The SMILES string of the molecule is Cc1cnc(NCCOC2CCCC2)c(N)c1. The summed E-state index contributed by atoms with van der Waals surface area (Å²) in [5, 5.41) is 3.20. The molecule has 1 fully saturated rings. The van der Waals surface area contributed by atoms with Crippen LogP contribution in [0.2, 0.25) is 0 Å². The van der Waals surface area contributed by atoms with Gasteiger partial charge in [-0.25, -0.2) is 4.98 Å². The maximum atomic E-state index is 5.86. The van der Waals surface area contributed by atoms with Gasteiger partial charge in [0, 0.05) is 12.7 Å². The second-order valence-corrected chi connectivity index (χ2v) is 4.65. The average Bonchev–Trinajstić information content (AvgIpc) is 2.79. The first kappa shape index (κ1) is 12.2. The first-order valence-corrected chi connectivity index (χ1v) is 6.33. The topological polar surface area (TPSA) is 60.2 Å². The lowest BCUT2D eigenvalue weighted by Crippen LogP contribution is -2.16. The van der Waals surface area contributed by atoms with Crippen LogP contribution in [0.5, 0.6) is 0 Å². The van der Waals surface area contributed by atoms with Crippen LogP contribution in [0, 0.1) is 6.92 Å². The third kappa shape index (κ3) is 3.60. The van der Waals surface area contributed by atoms with Gasteiger partial charge in [0.25, 0.3) is 0 Å². The zero-order valence-electron chi connectivity index (χ0n) is 10.4. The average molecular weight is 235 g/mol. The fourth-order valence-corrected chi connectivity index (χ4v) is 2.19. The zero-order chi connectivity index (χ0) is 12.1. The van der Waals surface area contributed by atoms with Crippen LogP contribution in [0.15, 0.2) is 12.3 Å². The summed E-state index contributed by atoms with van der Waals surface area (Å²) < 4.78 is 5.76. The third-order valence-electron chi connectivity index (χ3n) is 3.10. The van der Waals surface area contributed by atoms with Gasteiger partial charge in [-0.15, -0.1) is 0 Å². The highest BCUT2D eigenvalue weighted by Crippen LogP contribution is 2.20. The third-order valence-corrected chi connectivity index (χ3v) is 3.10. The Labute approximate surface area is 103 Å². The van der Waals surface area contributed by atoms with Crippen molar-refractivity contribution in [1.82, 2.24) is 4.98 Å². The molecule has 0 unspecified atom stereocenters. The van der Waals surface area contributed by atoms with Crippen molar-refractivity contribution in [2.45, 2.75) is 38.7 Å². The van der Waals surface area contributed by atoms with Crippen molar-refractivity contribution in [3.8, 4) is 0 Å². The van der Waals surface area contributed by atoms with Gasteiger partial charge in [0.15, 0.2) is 0 Å². The molecule has 1 aliphatic rings. The van der Waals surface area contributed by atoms with E-state index < -0.39 is 0 Å². The number of nitrogens with zero attached hydrogens (tertiary/aromatic N) is 1. The molecule has 94 valence electrons. The van der Waals surface area contributed by atoms with E-state index >= 15 is 0 Å². The van der Waals surface area contributed by atoms with E-state index in [2.05, 4.69) is 10.3 Å². The van der Waals surface area contributed by atoms with Crippen molar-refractivity contribution < 1.29 is 4.74 Å². The highest BCUT2D eigenvalue weighted by molar-refractivity contribution is 5.61. The van der Waals surface area contributed by atoms with Gasteiger partial charge in [-0.3, -0.25) is 0 Å². The van der Waals surface area contributed by atoms with E-state index in [-0.39, 0.29) is 0 Å². The molecule has 2 rings (SSSR count). The van der Waals surface area contributed by atoms with Crippen LogP contribution in [0.25, 0.3) is 0 Å². The quantitative estimate of drug-likeness (QED) is 0.769. The Hall–Kier alpha value is -1.29. The molecule has 1 saturated carbocycles. The number of anilines is 2. The minimum Gasteiger partial charge on any atom is -0.396 e. The van der Waals surface area contributed by atoms with E-state index in [4.69, 9.17) is 10.5 Å². The maximum absolute atomic E-state index is 5.86. The van der Waals surface area contributed by atoms with Crippen LogP contribution >= 0.6 is 0 Å². The molecule has 0 atom stereocenters. The van der Waals surface area contributed by atoms with Crippen LogP contribution in [0.4, 0.5) is 11.5 Å². The number of aryl methyl sites for hydroxylation is 1. The van der Waals surface area contributed by atoms with Crippen LogP contribution in [-0.4, -0.2) is 24.2 Å². The molecule has 3 N–H and O–H groups in total. The van der Waals surface area contributed by atoms with Crippen LogP contribution in [0.1, 0.15) is 31.2 Å². The molecule has 17 heavy (non-hydrogen) atoms. The standard InChI is InChI=1S/C13H21N3O/c1-10-8-12(14)13(16-9-10)15-6-7-17-11-4-2-3-5-11/h8-9,11H,2-7,14H2,1H3,(H,15,16). The normalized spacial score (nSPS) is 16.3. The molecule has 0 radical (unpaired) electrons. The van der Waals surface area contributed by atoms with Crippen molar-refractivity contribution in [2.75, 3.05) is 24.2 Å². The van der Waals surface area contributed by atoms with E-state index in [1.54, 1.807) is 0 Å². The van der Waals surface area contributed by atoms with Gasteiger partial charge in [0.05, 0.1) is 18.4 Å². The molecule has 0 amide bonds. The fraction of sp³-hybridized carbons (Fsp3) is 0.615. The lowest BCUT2D eigenvalue weighted by atomic mass is 10.3. The second kappa shape index (κ2) is 5.87. The Kier molecular flexibility index (Phi) is 4.20. The molecule has 4 nitrogen and oxygen atoms in total. The molecule has 4 heteroatoms. The van der Waals surface area contributed by atoms with Crippen molar-refractivity contribution >= 4 is 11.5 Å². The summed E-state index contributed by atoms with van der Waals surface area (Å²) >= 11 is 0. The molecule has 0 aromatic carbocycles. The highest BCUT2D eigenvalue weighted by atomic mass is 16.5. The van der Waals surface area contributed by atoms with Gasteiger partial charge < -0.3 is 15.8 Å². The molecular weight excluding hydrogens is 214 g/mol. The van der Waals surface area contributed by atoms with Gasteiger partial charge in [0.1, 0.15) is 5.82 Å². The number of hydrogen-bond donors (Lipinski definition) is 2. The first-order valence-electron chi connectivity index (χ1n) is 6.33. The minimum absolute atomic E-state index is 0.472. The molecule has 0 spiro atoms.